The summed E-state index contributed by atoms with van der Waals surface area (Å²) in [5.74, 6) is 1.99. The second-order valence-corrected chi connectivity index (χ2v) is 18.2. The van der Waals surface area contributed by atoms with E-state index in [1.165, 1.54) is 5.57 Å². The molecule has 1 atom stereocenters. The maximum atomic E-state index is 11.1. The Morgan fingerprint density at radius 2 is 1.43 bits per heavy atom. The lowest BCUT2D eigenvalue weighted by Gasteiger charge is -2.21. The molecule has 60 heavy (non-hydrogen) atoms. The lowest BCUT2D eigenvalue weighted by molar-refractivity contribution is -0.137. The van der Waals surface area contributed by atoms with Gasteiger partial charge in [0.25, 0.3) is 0 Å². The number of carboxylic acids is 1. The van der Waals surface area contributed by atoms with Crippen LogP contribution in [-0.4, -0.2) is 136 Å². The molecular weight excluding hydrogens is 1230 g/mol. The second kappa shape index (κ2) is 36.5. The number of hydrogen-bond acceptors (Lipinski definition) is 12. The number of carboxylic acid groups (broad SMARTS) is 1. The molecule has 0 amide bonds. The summed E-state index contributed by atoms with van der Waals surface area (Å²) in [6, 6.07) is 0. The molecule has 15 nitrogen and oxygen atoms in total. The molecule has 0 aromatic heterocycles. The summed E-state index contributed by atoms with van der Waals surface area (Å²) in [6.45, 7) is 11.9. The largest absolute Gasteiger partial charge is 0.496 e. The zero-order valence-electron chi connectivity index (χ0n) is 34.7. The van der Waals surface area contributed by atoms with Crippen molar-refractivity contribution in [3.8, 4) is 0 Å². The molecule has 0 spiro atoms. The van der Waals surface area contributed by atoms with Gasteiger partial charge in [0.15, 0.2) is 5.96 Å². The molecule has 0 saturated heterocycles. The minimum absolute atomic E-state index is 0.00106. The first kappa shape index (κ1) is 55.4. The van der Waals surface area contributed by atoms with Crippen molar-refractivity contribution < 1.29 is 52.5 Å². The van der Waals surface area contributed by atoms with Crippen molar-refractivity contribution in [3.05, 3.63) is 61.5 Å². The van der Waals surface area contributed by atoms with E-state index in [1.54, 1.807) is 0 Å². The van der Waals surface area contributed by atoms with Gasteiger partial charge in [0.2, 0.25) is 0 Å². The van der Waals surface area contributed by atoms with Gasteiger partial charge in [-0.05, 0) is 153 Å². The highest BCUT2D eigenvalue weighted by molar-refractivity contribution is 14.1. The van der Waals surface area contributed by atoms with E-state index < -0.39 is 5.97 Å². The number of aliphatic carboxylic acids is 1. The Morgan fingerprint density at radius 1 is 0.833 bits per heavy atom. The molecule has 0 radical (unpaired) electrons. The van der Waals surface area contributed by atoms with Gasteiger partial charge >= 0.3 is 5.97 Å². The van der Waals surface area contributed by atoms with E-state index in [-0.39, 0.29) is 18.3 Å². The lowest BCUT2D eigenvalue weighted by Crippen LogP contribution is -2.23. The third-order valence-corrected chi connectivity index (χ3v) is 12.4. The zero-order chi connectivity index (χ0) is 43.6. The van der Waals surface area contributed by atoms with Crippen LogP contribution in [0.1, 0.15) is 51.9 Å². The van der Waals surface area contributed by atoms with Gasteiger partial charge in [0, 0.05) is 20.1 Å². The minimum atomic E-state index is -0.784. The smallest absolute Gasteiger partial charge is 0.303 e. The van der Waals surface area contributed by atoms with E-state index in [4.69, 9.17) is 59.2 Å². The fourth-order valence-corrected chi connectivity index (χ4v) is 9.55. The predicted molar refractivity (Wildman–Crippen MR) is 268 cm³/mol. The summed E-state index contributed by atoms with van der Waals surface area (Å²) >= 11 is 9.14. The fraction of sp³-hybridized carbons (Fsp3) is 0.659. The zero-order valence-corrected chi connectivity index (χ0v) is 43.3. The summed E-state index contributed by atoms with van der Waals surface area (Å²) in [5, 5.41) is 12.5. The molecule has 2 aliphatic rings. The number of guanidine groups is 1. The second-order valence-electron chi connectivity index (χ2n) is 13.3. The van der Waals surface area contributed by atoms with Gasteiger partial charge in [0.05, 0.1) is 112 Å². The first-order valence-electron chi connectivity index (χ1n) is 20.3. The molecule has 0 bridgehead atoms. The van der Waals surface area contributed by atoms with Crippen molar-refractivity contribution in [1.29, 1.82) is 0 Å². The van der Waals surface area contributed by atoms with E-state index in [2.05, 4.69) is 108 Å². The molecule has 0 aromatic rings. The molecule has 19 heteroatoms. The number of nitrogens with one attached hydrogen (secondary N) is 1. The lowest BCUT2D eigenvalue weighted by atomic mass is 9.97. The molecule has 0 aliphatic heterocycles. The van der Waals surface area contributed by atoms with Crippen LogP contribution in [0.2, 0.25) is 0 Å². The Bertz CT molecular complexity index is 1450. The number of hydrogen-bond donors (Lipinski definition) is 4. The quantitative estimate of drug-likeness (QED) is 0.0123. The number of carbonyl (C=O) groups is 1. The van der Waals surface area contributed by atoms with Gasteiger partial charge in [0.1, 0.15) is 24.7 Å². The van der Waals surface area contributed by atoms with Gasteiger partial charge in [-0.2, -0.15) is 0 Å². The maximum Gasteiger partial charge on any atom is 0.303 e. The molecule has 342 valence electrons. The third kappa shape index (κ3) is 28.1. The monoisotopic (exact) mass is 1300 g/mol. The highest BCUT2D eigenvalue weighted by Crippen LogP contribution is 2.38. The number of halogens is 4. The minimum Gasteiger partial charge on any atom is -0.496 e. The number of rotatable bonds is 36. The molecule has 0 aromatic carbocycles. The molecule has 2 rings (SSSR count). The van der Waals surface area contributed by atoms with E-state index >= 15 is 0 Å². The van der Waals surface area contributed by atoms with Crippen LogP contribution >= 0.6 is 90.4 Å². The summed E-state index contributed by atoms with van der Waals surface area (Å²) in [4.78, 5) is 15.2. The molecule has 0 saturated carbocycles. The van der Waals surface area contributed by atoms with Crippen molar-refractivity contribution in [2.45, 2.75) is 51.9 Å². The van der Waals surface area contributed by atoms with E-state index in [1.807, 2.05) is 24.3 Å². The molecular formula is C41H64I4N4O11. The van der Waals surface area contributed by atoms with Crippen LogP contribution in [0.5, 0.6) is 0 Å². The van der Waals surface area contributed by atoms with Crippen LogP contribution in [0.25, 0.3) is 0 Å². The van der Waals surface area contributed by atoms with Crippen molar-refractivity contribution >= 4 is 102 Å². The van der Waals surface area contributed by atoms with E-state index in [0.29, 0.717) is 112 Å². The van der Waals surface area contributed by atoms with Gasteiger partial charge in [-0.15, -0.1) is 0 Å². The van der Waals surface area contributed by atoms with Gasteiger partial charge in [-0.25, -0.2) is 4.99 Å². The van der Waals surface area contributed by atoms with Crippen LogP contribution in [0, 0.1) is 5.92 Å². The Hall–Kier alpha value is -0.780. The molecule has 1 unspecified atom stereocenters. The fourth-order valence-electron chi connectivity index (χ4n) is 5.41. The normalized spacial score (nSPS) is 16.4. The van der Waals surface area contributed by atoms with Crippen LogP contribution in [0.15, 0.2) is 66.5 Å². The Balaban J connectivity index is 1.35. The highest BCUT2D eigenvalue weighted by atomic mass is 127. The van der Waals surface area contributed by atoms with Gasteiger partial charge in [-0.3, -0.25) is 4.79 Å². The standard InChI is InChI=1S/C41H64I4N4O11/c1-2-34(42)39(35(43)9-13-60-40-36(44)27-32(28-37(40)45)29-38(50)51)59-12-4-10-48-11-14-52-15-16-53-17-18-54-19-20-55-21-22-56-23-24-57-25-26-58-33-6-3-5-31(7-8-33)30-49-41(46)47/h7-9,27,32,48H,2-6,10-26,28-30H2,1H3,(H,50,51)(H4,46,47,49)/b35-9+,39-34-. The van der Waals surface area contributed by atoms with Crippen LogP contribution in [-0.2, 0) is 47.4 Å². The van der Waals surface area contributed by atoms with Crippen LogP contribution in [0.4, 0.5) is 0 Å². The average molecular weight is 1300 g/mol. The average Bonchev–Trinajstić information content (AvgIpc) is 3.45. The topological polar surface area (TPSA) is 197 Å². The van der Waals surface area contributed by atoms with Crippen molar-refractivity contribution in [2.24, 2.45) is 22.4 Å². The number of nitrogens with two attached hydrogens (primary N) is 2. The summed E-state index contributed by atoms with van der Waals surface area (Å²) in [6.07, 6.45) is 13.4. The van der Waals surface area contributed by atoms with Crippen molar-refractivity contribution in [3.63, 3.8) is 0 Å². The third-order valence-electron chi connectivity index (χ3n) is 8.42. The van der Waals surface area contributed by atoms with Crippen LogP contribution in [0.3, 0.4) is 0 Å². The predicted octanol–water partition coefficient (Wildman–Crippen LogP) is 7.22. The van der Waals surface area contributed by atoms with E-state index in [9.17, 15) is 4.79 Å². The molecule has 0 heterocycles. The molecule has 2 aliphatic carbocycles. The van der Waals surface area contributed by atoms with Crippen molar-refractivity contribution in [1.82, 2.24) is 5.32 Å². The summed E-state index contributed by atoms with van der Waals surface area (Å²) in [5.41, 5.74) is 12.0. The Morgan fingerprint density at radius 3 is 2.00 bits per heavy atom. The van der Waals surface area contributed by atoms with Crippen molar-refractivity contribution in [2.75, 3.05) is 119 Å². The maximum absolute atomic E-state index is 11.1. The first-order valence-corrected chi connectivity index (χ1v) is 24.6. The number of aliphatic imine (C=N–C) groups is 1. The first-order chi connectivity index (χ1) is 29.1. The van der Waals surface area contributed by atoms with Crippen LogP contribution < -0.4 is 16.8 Å². The number of allylic oxidation sites excluding steroid dienone is 8. The summed E-state index contributed by atoms with van der Waals surface area (Å²) < 4.78 is 55.8. The Labute approximate surface area is 410 Å². The number of ether oxygens (including phenoxy) is 9. The van der Waals surface area contributed by atoms with E-state index in [0.717, 1.165) is 76.8 Å². The Kier molecular flexibility index (Phi) is 33.7. The van der Waals surface area contributed by atoms with Gasteiger partial charge < -0.3 is 64.5 Å². The molecule has 6 N–H and O–H groups in total. The molecule has 0 fully saturated rings. The van der Waals surface area contributed by atoms with Gasteiger partial charge in [-0.1, -0.05) is 19.1 Å². The SMILES string of the molecule is CC/C(I)=C(OCCCNCCOCCOCCOCCOCCOCCOCCOC1=CC=C(CN=C(N)N)CCC1)\C(I)=C/COC1=C(I)CC(CC(=O)O)C=C1I. The summed E-state index contributed by atoms with van der Waals surface area (Å²) in [7, 11) is 0. The number of nitrogens with zero attached hydrogens (tertiary/aromatic N) is 1. The highest BCUT2D eigenvalue weighted by Gasteiger charge is 2.23.